The average molecular weight is 361 g/mol. The van der Waals surface area contributed by atoms with Gasteiger partial charge in [0.2, 0.25) is 5.91 Å². The number of amides is 1. The lowest BCUT2D eigenvalue weighted by Crippen LogP contribution is -2.36. The Labute approximate surface area is 158 Å². The summed E-state index contributed by atoms with van der Waals surface area (Å²) in [6.07, 6.45) is 7.67. The number of imidazole rings is 1. The number of anilines is 1. The van der Waals surface area contributed by atoms with Crippen molar-refractivity contribution in [1.82, 2.24) is 19.5 Å². The average Bonchev–Trinajstić information content (AvgIpc) is 3.36. The summed E-state index contributed by atoms with van der Waals surface area (Å²) in [7, 11) is 0. The number of aromatic nitrogens is 3. The fraction of sp³-hybridized carbons (Fsp3) is 0.381. The van der Waals surface area contributed by atoms with Gasteiger partial charge in [0, 0.05) is 31.5 Å². The van der Waals surface area contributed by atoms with Crippen LogP contribution in [0.25, 0.3) is 5.65 Å². The SMILES string of the molecule is O=C(C1CCCc2ccccc21)N1CCC(Nc2ccc3nccn3n2)C1. The Morgan fingerprint density at radius 1 is 1.15 bits per heavy atom. The van der Waals surface area contributed by atoms with Crippen molar-refractivity contribution in [1.29, 1.82) is 0 Å². The van der Waals surface area contributed by atoms with Crippen molar-refractivity contribution in [3.63, 3.8) is 0 Å². The van der Waals surface area contributed by atoms with Crippen molar-refractivity contribution in [3.05, 3.63) is 59.9 Å². The highest BCUT2D eigenvalue weighted by molar-refractivity contribution is 5.84. The van der Waals surface area contributed by atoms with Gasteiger partial charge in [0.1, 0.15) is 5.82 Å². The van der Waals surface area contributed by atoms with Gasteiger partial charge in [0.25, 0.3) is 0 Å². The van der Waals surface area contributed by atoms with Crippen molar-refractivity contribution in [2.24, 2.45) is 0 Å². The number of carbonyl (C=O) groups is 1. The molecular weight excluding hydrogens is 338 g/mol. The maximum atomic E-state index is 13.2. The molecule has 2 aliphatic rings. The van der Waals surface area contributed by atoms with Crippen molar-refractivity contribution in [2.75, 3.05) is 18.4 Å². The van der Waals surface area contributed by atoms with E-state index in [0.717, 1.165) is 50.2 Å². The summed E-state index contributed by atoms with van der Waals surface area (Å²) in [5.74, 6) is 1.13. The minimum Gasteiger partial charge on any atom is -0.364 e. The summed E-state index contributed by atoms with van der Waals surface area (Å²) in [5, 5.41) is 8.00. The largest absolute Gasteiger partial charge is 0.364 e. The molecule has 0 spiro atoms. The Kier molecular flexibility index (Phi) is 4.03. The molecule has 1 aliphatic carbocycles. The maximum Gasteiger partial charge on any atom is 0.230 e. The molecule has 3 heterocycles. The van der Waals surface area contributed by atoms with Crippen LogP contribution in [0.5, 0.6) is 0 Å². The van der Waals surface area contributed by atoms with E-state index < -0.39 is 0 Å². The van der Waals surface area contributed by atoms with Crippen LogP contribution in [0.1, 0.15) is 36.3 Å². The van der Waals surface area contributed by atoms with E-state index in [-0.39, 0.29) is 17.9 Å². The number of likely N-dealkylation sites (tertiary alicyclic amines) is 1. The van der Waals surface area contributed by atoms with Crippen molar-refractivity contribution >= 4 is 17.4 Å². The van der Waals surface area contributed by atoms with Gasteiger partial charge in [-0.1, -0.05) is 24.3 Å². The third-order valence-corrected chi connectivity index (χ3v) is 5.77. The number of nitrogens with one attached hydrogen (secondary N) is 1. The third-order valence-electron chi connectivity index (χ3n) is 5.77. The lowest BCUT2D eigenvalue weighted by Gasteiger charge is -2.28. The normalized spacial score (nSPS) is 22.0. The van der Waals surface area contributed by atoms with Gasteiger partial charge in [-0.2, -0.15) is 0 Å². The van der Waals surface area contributed by atoms with Crippen LogP contribution in [0.3, 0.4) is 0 Å². The third kappa shape index (κ3) is 3.05. The summed E-state index contributed by atoms with van der Waals surface area (Å²) in [6.45, 7) is 1.55. The second-order valence-electron chi connectivity index (χ2n) is 7.51. The van der Waals surface area contributed by atoms with Crippen molar-refractivity contribution < 1.29 is 4.79 Å². The van der Waals surface area contributed by atoms with Crippen molar-refractivity contribution in [3.8, 4) is 0 Å². The molecule has 1 fully saturated rings. The Morgan fingerprint density at radius 2 is 2.07 bits per heavy atom. The van der Waals surface area contributed by atoms with Gasteiger partial charge in [-0.05, 0) is 48.9 Å². The van der Waals surface area contributed by atoms with E-state index in [1.807, 2.05) is 23.2 Å². The number of rotatable bonds is 3. The van der Waals surface area contributed by atoms with Crippen LogP contribution in [0, 0.1) is 0 Å². The number of hydrogen-bond donors (Lipinski definition) is 1. The topological polar surface area (TPSA) is 62.5 Å². The van der Waals surface area contributed by atoms with Gasteiger partial charge in [0.15, 0.2) is 5.65 Å². The molecule has 1 aromatic carbocycles. The number of hydrogen-bond acceptors (Lipinski definition) is 4. The minimum atomic E-state index is 0.0223. The molecule has 1 amide bonds. The molecule has 0 saturated carbocycles. The zero-order valence-electron chi connectivity index (χ0n) is 15.2. The monoisotopic (exact) mass is 361 g/mol. The molecule has 6 heteroatoms. The molecule has 0 bridgehead atoms. The maximum absolute atomic E-state index is 13.2. The Hall–Kier alpha value is -2.89. The van der Waals surface area contributed by atoms with E-state index in [4.69, 9.17) is 0 Å². The van der Waals surface area contributed by atoms with E-state index in [1.165, 1.54) is 11.1 Å². The van der Waals surface area contributed by atoms with Crippen LogP contribution in [0.15, 0.2) is 48.8 Å². The van der Waals surface area contributed by atoms with Gasteiger partial charge < -0.3 is 10.2 Å². The molecule has 1 saturated heterocycles. The zero-order valence-corrected chi connectivity index (χ0v) is 15.2. The number of aryl methyl sites for hydroxylation is 1. The number of benzene rings is 1. The molecule has 138 valence electrons. The number of fused-ring (bicyclic) bond motifs is 2. The summed E-state index contributed by atoms with van der Waals surface area (Å²) in [4.78, 5) is 19.4. The second kappa shape index (κ2) is 6.68. The molecule has 3 aromatic rings. The molecule has 1 aliphatic heterocycles. The first kappa shape index (κ1) is 16.3. The summed E-state index contributed by atoms with van der Waals surface area (Å²) in [5.41, 5.74) is 3.41. The molecule has 27 heavy (non-hydrogen) atoms. The quantitative estimate of drug-likeness (QED) is 0.779. The smallest absolute Gasteiger partial charge is 0.230 e. The second-order valence-corrected chi connectivity index (χ2v) is 7.51. The predicted molar refractivity (Wildman–Crippen MR) is 104 cm³/mol. The van der Waals surface area contributed by atoms with Gasteiger partial charge in [0.05, 0.1) is 5.92 Å². The number of nitrogens with zero attached hydrogens (tertiary/aromatic N) is 4. The lowest BCUT2D eigenvalue weighted by atomic mass is 9.82. The van der Waals surface area contributed by atoms with E-state index in [1.54, 1.807) is 10.7 Å². The predicted octanol–water partition coefficient (Wildman–Crippen LogP) is 2.86. The Morgan fingerprint density at radius 3 is 3.04 bits per heavy atom. The molecule has 2 atom stereocenters. The van der Waals surface area contributed by atoms with Crippen LogP contribution < -0.4 is 5.32 Å². The first-order valence-electron chi connectivity index (χ1n) is 9.71. The van der Waals surface area contributed by atoms with E-state index in [2.05, 4.69) is 39.7 Å². The molecule has 0 radical (unpaired) electrons. The Bertz CT molecular complexity index is 981. The van der Waals surface area contributed by atoms with Gasteiger partial charge in [-0.25, -0.2) is 9.50 Å². The highest BCUT2D eigenvalue weighted by atomic mass is 16.2. The molecule has 6 nitrogen and oxygen atoms in total. The van der Waals surface area contributed by atoms with Crippen LogP contribution in [0.2, 0.25) is 0 Å². The standard InChI is InChI=1S/C21H23N5O/c27-21(18-7-3-5-15-4-1-2-6-17(15)18)25-12-10-16(14-25)23-19-8-9-20-22-11-13-26(20)24-19/h1-2,4,6,8-9,11,13,16,18H,3,5,7,10,12,14H2,(H,23,24). The number of carbonyl (C=O) groups excluding carboxylic acids is 1. The highest BCUT2D eigenvalue weighted by Gasteiger charge is 2.33. The van der Waals surface area contributed by atoms with E-state index >= 15 is 0 Å². The summed E-state index contributed by atoms with van der Waals surface area (Å²) < 4.78 is 1.76. The van der Waals surface area contributed by atoms with Gasteiger partial charge in [-0.15, -0.1) is 5.10 Å². The van der Waals surface area contributed by atoms with Crippen LogP contribution >= 0.6 is 0 Å². The molecule has 1 N–H and O–H groups in total. The highest BCUT2D eigenvalue weighted by Crippen LogP contribution is 2.33. The lowest BCUT2D eigenvalue weighted by molar-refractivity contribution is -0.132. The van der Waals surface area contributed by atoms with Gasteiger partial charge >= 0.3 is 0 Å². The Balaban J connectivity index is 1.27. The molecule has 5 rings (SSSR count). The first-order chi connectivity index (χ1) is 13.3. The first-order valence-corrected chi connectivity index (χ1v) is 9.71. The van der Waals surface area contributed by atoms with E-state index in [0.29, 0.717) is 0 Å². The van der Waals surface area contributed by atoms with E-state index in [9.17, 15) is 4.79 Å². The van der Waals surface area contributed by atoms with Gasteiger partial charge in [-0.3, -0.25) is 4.79 Å². The fourth-order valence-corrected chi connectivity index (χ4v) is 4.41. The van der Waals surface area contributed by atoms with Crippen LogP contribution in [-0.2, 0) is 11.2 Å². The van der Waals surface area contributed by atoms with Crippen molar-refractivity contribution in [2.45, 2.75) is 37.6 Å². The van der Waals surface area contributed by atoms with Crippen LogP contribution in [-0.4, -0.2) is 44.5 Å². The molecular formula is C21H23N5O. The summed E-state index contributed by atoms with van der Waals surface area (Å²) >= 11 is 0. The molecule has 2 aromatic heterocycles. The molecule has 2 unspecified atom stereocenters. The van der Waals surface area contributed by atoms with Crippen LogP contribution in [0.4, 0.5) is 5.82 Å². The minimum absolute atomic E-state index is 0.0223. The summed E-state index contributed by atoms with van der Waals surface area (Å²) in [6, 6.07) is 12.6. The zero-order chi connectivity index (χ0) is 18.2. The fourth-order valence-electron chi connectivity index (χ4n) is 4.41.